The Hall–Kier alpha value is -1.55. The minimum absolute atomic E-state index is 0.318. The lowest BCUT2D eigenvalue weighted by Crippen LogP contribution is -2.45. The number of primary amides is 1. The molecule has 18 heavy (non-hydrogen) atoms. The van der Waals surface area contributed by atoms with Crippen molar-refractivity contribution in [3.05, 3.63) is 29.3 Å². The number of aryl methyl sites for hydroxylation is 1. The van der Waals surface area contributed by atoms with E-state index in [1.165, 1.54) is 6.42 Å². The fraction of sp³-hybridized carbons (Fsp3) is 0.500. The third kappa shape index (κ3) is 2.48. The van der Waals surface area contributed by atoms with Crippen LogP contribution in [0.1, 0.15) is 35.2 Å². The van der Waals surface area contributed by atoms with Crippen LogP contribution in [0, 0.1) is 6.92 Å². The van der Waals surface area contributed by atoms with Gasteiger partial charge in [-0.15, -0.1) is 0 Å². The Labute approximate surface area is 108 Å². The van der Waals surface area contributed by atoms with Crippen molar-refractivity contribution in [2.24, 2.45) is 11.5 Å². The number of nitrogens with two attached hydrogens (primary N) is 2. The second-order valence-electron chi connectivity index (χ2n) is 4.96. The van der Waals surface area contributed by atoms with E-state index in [2.05, 4.69) is 4.90 Å². The maximum absolute atomic E-state index is 11.5. The van der Waals surface area contributed by atoms with E-state index < -0.39 is 0 Å². The number of carbonyl (C=O) groups excluding carboxylic acids is 1. The standard InChI is InChI=1S/C14H21N3O/c1-10-5-6-12(14(16)18)13(8-10)17-7-3-2-4-11(17)9-15/h5-6,8,11H,2-4,7,9,15H2,1H3,(H2,16,18). The van der Waals surface area contributed by atoms with Crippen LogP contribution >= 0.6 is 0 Å². The van der Waals surface area contributed by atoms with Crippen molar-refractivity contribution in [2.75, 3.05) is 18.0 Å². The molecule has 1 aliphatic rings. The van der Waals surface area contributed by atoms with Gasteiger partial charge in [0.15, 0.2) is 0 Å². The van der Waals surface area contributed by atoms with Gasteiger partial charge in [0, 0.05) is 19.1 Å². The fourth-order valence-corrected chi connectivity index (χ4v) is 2.65. The number of amides is 1. The number of nitrogens with zero attached hydrogens (tertiary/aromatic N) is 1. The number of hydrogen-bond donors (Lipinski definition) is 2. The molecule has 0 aromatic heterocycles. The zero-order chi connectivity index (χ0) is 13.1. The average Bonchev–Trinajstić information content (AvgIpc) is 2.38. The first-order valence-corrected chi connectivity index (χ1v) is 6.50. The highest BCUT2D eigenvalue weighted by atomic mass is 16.1. The molecular weight excluding hydrogens is 226 g/mol. The molecular formula is C14H21N3O. The number of hydrogen-bond acceptors (Lipinski definition) is 3. The van der Waals surface area contributed by atoms with Crippen LogP contribution < -0.4 is 16.4 Å². The van der Waals surface area contributed by atoms with Crippen molar-refractivity contribution in [3.63, 3.8) is 0 Å². The molecule has 1 atom stereocenters. The quantitative estimate of drug-likeness (QED) is 0.848. The van der Waals surface area contributed by atoms with Crippen molar-refractivity contribution >= 4 is 11.6 Å². The second kappa shape index (κ2) is 5.40. The molecule has 1 aliphatic heterocycles. The van der Waals surface area contributed by atoms with Crippen LogP contribution in [0.5, 0.6) is 0 Å². The summed E-state index contributed by atoms with van der Waals surface area (Å²) in [6.07, 6.45) is 3.43. The van der Waals surface area contributed by atoms with Gasteiger partial charge in [0.2, 0.25) is 0 Å². The highest BCUT2D eigenvalue weighted by molar-refractivity contribution is 5.98. The molecule has 1 heterocycles. The summed E-state index contributed by atoms with van der Waals surface area (Å²) in [6.45, 7) is 3.59. The molecule has 0 bridgehead atoms. The van der Waals surface area contributed by atoms with Gasteiger partial charge in [-0.25, -0.2) is 0 Å². The predicted molar refractivity (Wildman–Crippen MR) is 73.7 cm³/mol. The largest absolute Gasteiger partial charge is 0.367 e. The predicted octanol–water partition coefficient (Wildman–Crippen LogP) is 1.41. The van der Waals surface area contributed by atoms with Crippen molar-refractivity contribution in [2.45, 2.75) is 32.2 Å². The topological polar surface area (TPSA) is 72.4 Å². The van der Waals surface area contributed by atoms with E-state index in [9.17, 15) is 4.79 Å². The lowest BCUT2D eigenvalue weighted by atomic mass is 9.99. The molecule has 1 aromatic rings. The van der Waals surface area contributed by atoms with Gasteiger partial charge >= 0.3 is 0 Å². The molecule has 1 fully saturated rings. The van der Waals surface area contributed by atoms with Crippen molar-refractivity contribution in [1.82, 2.24) is 0 Å². The molecule has 2 rings (SSSR count). The highest BCUT2D eigenvalue weighted by Gasteiger charge is 2.24. The number of benzene rings is 1. The fourth-order valence-electron chi connectivity index (χ4n) is 2.65. The van der Waals surface area contributed by atoms with E-state index in [1.54, 1.807) is 0 Å². The van der Waals surface area contributed by atoms with Crippen molar-refractivity contribution < 1.29 is 4.79 Å². The Morgan fingerprint density at radius 1 is 1.44 bits per heavy atom. The SMILES string of the molecule is Cc1ccc(C(N)=O)c(N2CCCCC2CN)c1. The Morgan fingerprint density at radius 2 is 2.22 bits per heavy atom. The van der Waals surface area contributed by atoms with E-state index in [1.807, 2.05) is 25.1 Å². The summed E-state index contributed by atoms with van der Waals surface area (Å²) < 4.78 is 0. The van der Waals surface area contributed by atoms with Crippen LogP contribution in [0.4, 0.5) is 5.69 Å². The zero-order valence-electron chi connectivity index (χ0n) is 10.9. The molecule has 98 valence electrons. The average molecular weight is 247 g/mol. The van der Waals surface area contributed by atoms with Gasteiger partial charge in [-0.1, -0.05) is 6.07 Å². The van der Waals surface area contributed by atoms with Gasteiger partial charge in [0.25, 0.3) is 5.91 Å². The summed E-state index contributed by atoms with van der Waals surface area (Å²) in [6, 6.07) is 6.09. The molecule has 1 aromatic carbocycles. The molecule has 1 amide bonds. The van der Waals surface area contributed by atoms with E-state index >= 15 is 0 Å². The molecule has 0 radical (unpaired) electrons. The number of piperidine rings is 1. The first-order chi connectivity index (χ1) is 8.63. The van der Waals surface area contributed by atoms with Gasteiger partial charge < -0.3 is 16.4 Å². The van der Waals surface area contributed by atoms with E-state index in [-0.39, 0.29) is 5.91 Å². The lowest BCUT2D eigenvalue weighted by molar-refractivity contribution is 0.100. The minimum atomic E-state index is -0.369. The molecule has 4 nitrogen and oxygen atoms in total. The van der Waals surface area contributed by atoms with Gasteiger partial charge in [0.05, 0.1) is 11.3 Å². The lowest BCUT2D eigenvalue weighted by Gasteiger charge is -2.38. The maximum Gasteiger partial charge on any atom is 0.250 e. The first kappa shape index (κ1) is 12.9. The first-order valence-electron chi connectivity index (χ1n) is 6.50. The highest BCUT2D eigenvalue weighted by Crippen LogP contribution is 2.28. The van der Waals surface area contributed by atoms with E-state index in [0.717, 1.165) is 30.6 Å². The van der Waals surface area contributed by atoms with E-state index in [0.29, 0.717) is 18.2 Å². The normalized spacial score (nSPS) is 19.9. The Morgan fingerprint density at radius 3 is 2.89 bits per heavy atom. The molecule has 1 unspecified atom stereocenters. The smallest absolute Gasteiger partial charge is 0.250 e. The monoisotopic (exact) mass is 247 g/mol. The zero-order valence-corrected chi connectivity index (χ0v) is 10.9. The van der Waals surface area contributed by atoms with Gasteiger partial charge in [-0.3, -0.25) is 4.79 Å². The third-order valence-corrected chi connectivity index (χ3v) is 3.63. The number of rotatable bonds is 3. The van der Waals surface area contributed by atoms with Gasteiger partial charge in [0.1, 0.15) is 0 Å². The van der Waals surface area contributed by atoms with Crippen LogP contribution in [0.2, 0.25) is 0 Å². The summed E-state index contributed by atoms with van der Waals surface area (Å²) in [5, 5.41) is 0. The Balaban J connectivity index is 2.41. The molecule has 1 saturated heterocycles. The van der Waals surface area contributed by atoms with Gasteiger partial charge in [-0.05, 0) is 43.9 Å². The number of carbonyl (C=O) groups is 1. The number of anilines is 1. The van der Waals surface area contributed by atoms with Crippen molar-refractivity contribution in [1.29, 1.82) is 0 Å². The third-order valence-electron chi connectivity index (χ3n) is 3.63. The molecule has 4 heteroatoms. The molecule has 4 N–H and O–H groups in total. The van der Waals surface area contributed by atoms with E-state index in [4.69, 9.17) is 11.5 Å². The minimum Gasteiger partial charge on any atom is -0.367 e. The van der Waals surface area contributed by atoms with Crippen LogP contribution in [-0.2, 0) is 0 Å². The van der Waals surface area contributed by atoms with Crippen LogP contribution in [-0.4, -0.2) is 25.0 Å². The maximum atomic E-state index is 11.5. The van der Waals surface area contributed by atoms with Crippen LogP contribution in [0.25, 0.3) is 0 Å². The summed E-state index contributed by atoms with van der Waals surface area (Å²) >= 11 is 0. The van der Waals surface area contributed by atoms with Crippen molar-refractivity contribution in [3.8, 4) is 0 Å². The van der Waals surface area contributed by atoms with Crippen LogP contribution in [0.3, 0.4) is 0 Å². The summed E-state index contributed by atoms with van der Waals surface area (Å²) in [7, 11) is 0. The molecule has 0 spiro atoms. The Kier molecular flexibility index (Phi) is 3.87. The summed E-state index contributed by atoms with van der Waals surface area (Å²) in [5.74, 6) is -0.369. The van der Waals surface area contributed by atoms with Gasteiger partial charge in [-0.2, -0.15) is 0 Å². The van der Waals surface area contributed by atoms with Crippen LogP contribution in [0.15, 0.2) is 18.2 Å². The second-order valence-corrected chi connectivity index (χ2v) is 4.96. The molecule has 0 saturated carbocycles. The summed E-state index contributed by atoms with van der Waals surface area (Å²) in [5.41, 5.74) is 14.0. The summed E-state index contributed by atoms with van der Waals surface area (Å²) in [4.78, 5) is 13.8. The Bertz CT molecular complexity index is 445. The molecule has 0 aliphatic carbocycles.